The lowest BCUT2D eigenvalue weighted by molar-refractivity contribution is -0.163. The molecule has 1 aliphatic carbocycles. The number of nitrogens with one attached hydrogen (secondary N) is 2. The summed E-state index contributed by atoms with van der Waals surface area (Å²) >= 11 is 0. The largest absolute Gasteiger partial charge is 0.401 e. The topological polar surface area (TPSA) is 95.4 Å². The van der Waals surface area contributed by atoms with Gasteiger partial charge in [-0.2, -0.15) is 13.2 Å². The fourth-order valence-electron chi connectivity index (χ4n) is 7.26. The molecule has 0 spiro atoms. The van der Waals surface area contributed by atoms with Gasteiger partial charge in [0.05, 0.1) is 6.04 Å². The number of carbonyl (C=O) groups excluding carboxylic acids is 2. The number of hydrogen-bond acceptors (Lipinski definition) is 4. The summed E-state index contributed by atoms with van der Waals surface area (Å²) in [5.41, 5.74) is -0.209. The number of aromatic nitrogens is 3. The van der Waals surface area contributed by atoms with Crippen molar-refractivity contribution in [3.63, 3.8) is 0 Å². The van der Waals surface area contributed by atoms with Gasteiger partial charge in [0.2, 0.25) is 0 Å². The van der Waals surface area contributed by atoms with Crippen molar-refractivity contribution in [2.45, 2.75) is 81.1 Å². The maximum Gasteiger partial charge on any atom is 0.401 e. The van der Waals surface area contributed by atoms with Crippen LogP contribution in [0.5, 0.6) is 0 Å². The van der Waals surface area contributed by atoms with Crippen molar-refractivity contribution < 1.29 is 31.5 Å². The highest BCUT2D eigenvalue weighted by molar-refractivity contribution is 5.91. The molecule has 4 amide bonds. The van der Waals surface area contributed by atoms with Gasteiger partial charge >= 0.3 is 18.2 Å². The van der Waals surface area contributed by atoms with E-state index in [0.717, 1.165) is 23.7 Å². The maximum absolute atomic E-state index is 14.9. The predicted molar refractivity (Wildman–Crippen MR) is 157 cm³/mol. The lowest BCUT2D eigenvalue weighted by Crippen LogP contribution is -2.52. The zero-order valence-corrected chi connectivity index (χ0v) is 25.0. The maximum atomic E-state index is 14.9. The Balaban J connectivity index is 1.07. The number of likely N-dealkylation sites (tertiary alicyclic amines) is 1. The number of piperidine rings is 1. The molecule has 0 radical (unpaired) electrons. The SMILES string of the molecule is O=C(N[C@@H]1CC[C@@H](c2cccc(F)c2F)Cn2c1nnc2C1(C(F)(F)F)CC1)N1CCC(N2CCc3ccccc3NC2=O)CC1. The number of amides is 4. The highest BCUT2D eigenvalue weighted by atomic mass is 19.4. The standard InChI is InChI=1S/C32H34F5N7O2/c33-23-6-3-5-22(26(23)34)20-8-9-25(27-40-41-28(44(27)18-20)31(13-14-31)32(35,36)37)39-29(45)42-15-11-21(12-16-42)43-17-10-19-4-1-2-7-24(19)38-30(43)46/h1-7,20-21,25H,8-18H2,(H,38,46)(H,39,45)/t20-,25-/m1/s1. The number of alkyl halides is 3. The van der Waals surface area contributed by atoms with E-state index in [1.165, 1.54) is 16.7 Å². The van der Waals surface area contributed by atoms with Crippen LogP contribution in [0, 0.1) is 11.6 Å². The molecule has 1 saturated heterocycles. The van der Waals surface area contributed by atoms with E-state index in [1.54, 1.807) is 4.90 Å². The molecular formula is C32H34F5N7O2. The Morgan fingerprint density at radius 3 is 2.46 bits per heavy atom. The molecule has 4 heterocycles. The quantitative estimate of drug-likeness (QED) is 0.340. The minimum atomic E-state index is -4.56. The smallest absolute Gasteiger partial charge is 0.328 e. The number of halogens is 5. The van der Waals surface area contributed by atoms with Crippen molar-refractivity contribution in [2.24, 2.45) is 0 Å². The van der Waals surface area contributed by atoms with Gasteiger partial charge in [-0.3, -0.25) is 0 Å². The number of fused-ring (bicyclic) bond motifs is 2. The molecule has 244 valence electrons. The third-order valence-electron chi connectivity index (χ3n) is 10.1. The molecule has 4 aliphatic rings. The lowest BCUT2D eigenvalue weighted by atomic mass is 9.92. The zero-order valence-electron chi connectivity index (χ0n) is 25.0. The molecule has 9 nitrogen and oxygen atoms in total. The van der Waals surface area contributed by atoms with Crippen LogP contribution in [0.1, 0.15) is 73.3 Å². The van der Waals surface area contributed by atoms with E-state index >= 15 is 0 Å². The minimum Gasteiger partial charge on any atom is -0.328 e. The van der Waals surface area contributed by atoms with Gasteiger partial charge in [-0.15, -0.1) is 10.2 Å². The van der Waals surface area contributed by atoms with Crippen LogP contribution in [0.3, 0.4) is 0 Å². The molecule has 3 aliphatic heterocycles. The van der Waals surface area contributed by atoms with E-state index in [-0.39, 0.29) is 61.5 Å². The summed E-state index contributed by atoms with van der Waals surface area (Å²) in [6, 6.07) is 10.1. The first-order valence-electron chi connectivity index (χ1n) is 15.7. The van der Waals surface area contributed by atoms with E-state index < -0.39 is 41.2 Å². The highest BCUT2D eigenvalue weighted by Crippen LogP contribution is 2.59. The van der Waals surface area contributed by atoms with Crippen LogP contribution in [0.4, 0.5) is 37.2 Å². The molecule has 7 rings (SSSR count). The third-order valence-corrected chi connectivity index (χ3v) is 10.1. The van der Waals surface area contributed by atoms with Crippen molar-refractivity contribution >= 4 is 17.7 Å². The van der Waals surface area contributed by atoms with E-state index in [9.17, 15) is 31.5 Å². The summed E-state index contributed by atoms with van der Waals surface area (Å²) in [5, 5.41) is 14.1. The number of urea groups is 2. The van der Waals surface area contributed by atoms with Crippen molar-refractivity contribution in [3.05, 3.63) is 76.9 Å². The number of benzene rings is 2. The van der Waals surface area contributed by atoms with E-state index in [0.29, 0.717) is 32.5 Å². The predicted octanol–water partition coefficient (Wildman–Crippen LogP) is 6.03. The molecule has 2 N–H and O–H groups in total. The molecule has 2 fully saturated rings. The van der Waals surface area contributed by atoms with Crippen LogP contribution in [-0.4, -0.2) is 68.5 Å². The fourth-order valence-corrected chi connectivity index (χ4v) is 7.26. The number of hydrogen-bond donors (Lipinski definition) is 2. The Hall–Kier alpha value is -4.23. The van der Waals surface area contributed by atoms with E-state index in [1.807, 2.05) is 29.2 Å². The third kappa shape index (κ3) is 5.34. The number of para-hydroxylation sites is 1. The molecule has 0 unspecified atom stereocenters. The Morgan fingerprint density at radius 1 is 0.957 bits per heavy atom. The molecule has 3 aromatic rings. The van der Waals surface area contributed by atoms with Crippen LogP contribution in [0.15, 0.2) is 42.5 Å². The average molecular weight is 644 g/mol. The van der Waals surface area contributed by atoms with Gasteiger partial charge in [0.15, 0.2) is 17.5 Å². The number of nitrogens with zero attached hydrogens (tertiary/aromatic N) is 5. The first-order chi connectivity index (χ1) is 22.1. The van der Waals surface area contributed by atoms with E-state index in [4.69, 9.17) is 0 Å². The van der Waals surface area contributed by atoms with Crippen LogP contribution in [0.25, 0.3) is 0 Å². The van der Waals surface area contributed by atoms with Gasteiger partial charge in [-0.25, -0.2) is 18.4 Å². The fraction of sp³-hybridized carbons (Fsp3) is 0.500. The Kier molecular flexibility index (Phi) is 7.63. The van der Waals surface area contributed by atoms with Crippen LogP contribution >= 0.6 is 0 Å². The van der Waals surface area contributed by atoms with Gasteiger partial charge in [0.1, 0.15) is 11.2 Å². The first-order valence-corrected chi connectivity index (χ1v) is 15.7. The number of rotatable bonds is 4. The Bertz CT molecular complexity index is 1650. The second kappa shape index (κ2) is 11.5. The number of carbonyl (C=O) groups is 2. The summed E-state index contributed by atoms with van der Waals surface area (Å²) in [6.45, 7) is 1.25. The van der Waals surface area contributed by atoms with Gasteiger partial charge in [0, 0.05) is 43.8 Å². The second-order valence-corrected chi connectivity index (χ2v) is 12.7. The molecule has 14 heteroatoms. The zero-order chi connectivity index (χ0) is 32.2. The minimum absolute atomic E-state index is 0.0547. The van der Waals surface area contributed by atoms with Crippen LogP contribution < -0.4 is 10.6 Å². The molecule has 0 bridgehead atoms. The molecular weight excluding hydrogens is 609 g/mol. The van der Waals surface area contributed by atoms with Gasteiger partial charge in [0.25, 0.3) is 0 Å². The average Bonchev–Trinajstić information content (AvgIpc) is 3.81. The summed E-state index contributed by atoms with van der Waals surface area (Å²) in [5.74, 6) is -2.80. The number of anilines is 1. The Labute approximate surface area is 262 Å². The molecule has 46 heavy (non-hydrogen) atoms. The van der Waals surface area contributed by atoms with Crippen LogP contribution in [0.2, 0.25) is 0 Å². The highest BCUT2D eigenvalue weighted by Gasteiger charge is 2.67. The molecule has 2 atom stereocenters. The lowest BCUT2D eigenvalue weighted by Gasteiger charge is -2.38. The van der Waals surface area contributed by atoms with Crippen molar-refractivity contribution in [2.75, 3.05) is 25.0 Å². The second-order valence-electron chi connectivity index (χ2n) is 12.7. The summed E-state index contributed by atoms with van der Waals surface area (Å²) < 4.78 is 73.0. The van der Waals surface area contributed by atoms with E-state index in [2.05, 4.69) is 20.8 Å². The normalized spacial score (nSPS) is 23.1. The van der Waals surface area contributed by atoms with Crippen LogP contribution in [-0.2, 0) is 18.4 Å². The molecule has 1 saturated carbocycles. The molecule has 2 aromatic carbocycles. The molecule has 1 aromatic heterocycles. The van der Waals surface area contributed by atoms with Crippen molar-refractivity contribution in [3.8, 4) is 0 Å². The van der Waals surface area contributed by atoms with Crippen molar-refractivity contribution in [1.29, 1.82) is 0 Å². The van der Waals surface area contributed by atoms with Gasteiger partial charge < -0.3 is 25.0 Å². The van der Waals surface area contributed by atoms with Crippen molar-refractivity contribution in [1.82, 2.24) is 29.9 Å². The van der Waals surface area contributed by atoms with Gasteiger partial charge in [-0.05, 0) is 68.2 Å². The summed E-state index contributed by atoms with van der Waals surface area (Å²) in [4.78, 5) is 30.0. The monoisotopic (exact) mass is 643 g/mol. The summed E-state index contributed by atoms with van der Waals surface area (Å²) in [7, 11) is 0. The van der Waals surface area contributed by atoms with Gasteiger partial charge in [-0.1, -0.05) is 30.3 Å². The first kappa shape index (κ1) is 30.4. The Morgan fingerprint density at radius 2 is 1.72 bits per heavy atom. The summed E-state index contributed by atoms with van der Waals surface area (Å²) in [6.07, 6.45) is -2.46.